The molecule has 2 unspecified atom stereocenters. The molecule has 0 radical (unpaired) electrons. The van der Waals surface area contributed by atoms with Crippen molar-refractivity contribution in [2.75, 3.05) is 6.54 Å². The Morgan fingerprint density at radius 2 is 2.14 bits per heavy atom. The normalized spacial score (nSPS) is 24.8. The molecule has 3 heteroatoms. The van der Waals surface area contributed by atoms with E-state index < -0.39 is 0 Å². The van der Waals surface area contributed by atoms with E-state index in [1.807, 2.05) is 4.90 Å². The van der Waals surface area contributed by atoms with Gasteiger partial charge in [0.1, 0.15) is 0 Å². The van der Waals surface area contributed by atoms with Crippen LogP contribution >= 0.6 is 0 Å². The van der Waals surface area contributed by atoms with Gasteiger partial charge in [-0.05, 0) is 33.6 Å². The van der Waals surface area contributed by atoms with Gasteiger partial charge in [-0.15, -0.1) is 0 Å². The van der Waals surface area contributed by atoms with E-state index in [4.69, 9.17) is 0 Å². The number of hydrogen-bond acceptors (Lipinski definition) is 2. The molecule has 1 amide bonds. The summed E-state index contributed by atoms with van der Waals surface area (Å²) in [7, 11) is 0. The van der Waals surface area contributed by atoms with E-state index in [0.29, 0.717) is 12.1 Å². The predicted molar refractivity (Wildman–Crippen MR) is 58.1 cm³/mol. The highest BCUT2D eigenvalue weighted by Gasteiger charge is 2.33. The lowest BCUT2D eigenvalue weighted by Gasteiger charge is -2.22. The SMILES string of the molecule is CCC(C)NC1CCN(C(C)C)C1=O. The Labute approximate surface area is 86.9 Å². The molecule has 0 bridgehead atoms. The highest BCUT2D eigenvalue weighted by atomic mass is 16.2. The van der Waals surface area contributed by atoms with Crippen molar-refractivity contribution < 1.29 is 4.79 Å². The number of rotatable bonds is 4. The van der Waals surface area contributed by atoms with Gasteiger partial charge in [0.2, 0.25) is 5.91 Å². The highest BCUT2D eigenvalue weighted by Crippen LogP contribution is 2.14. The van der Waals surface area contributed by atoms with Crippen LogP contribution in [-0.2, 0) is 4.79 Å². The van der Waals surface area contributed by atoms with Gasteiger partial charge in [0.05, 0.1) is 6.04 Å². The van der Waals surface area contributed by atoms with Gasteiger partial charge in [0, 0.05) is 18.6 Å². The smallest absolute Gasteiger partial charge is 0.240 e. The van der Waals surface area contributed by atoms with Gasteiger partial charge >= 0.3 is 0 Å². The van der Waals surface area contributed by atoms with Crippen LogP contribution in [0.4, 0.5) is 0 Å². The maximum absolute atomic E-state index is 11.9. The lowest BCUT2D eigenvalue weighted by Crippen LogP contribution is -2.43. The number of carbonyl (C=O) groups excluding carboxylic acids is 1. The second kappa shape index (κ2) is 4.78. The Hall–Kier alpha value is -0.570. The van der Waals surface area contributed by atoms with Gasteiger partial charge in [0.15, 0.2) is 0 Å². The van der Waals surface area contributed by atoms with Crippen molar-refractivity contribution >= 4 is 5.91 Å². The Kier molecular flexibility index (Phi) is 3.93. The van der Waals surface area contributed by atoms with Crippen LogP contribution in [-0.4, -0.2) is 35.5 Å². The predicted octanol–water partition coefficient (Wildman–Crippen LogP) is 1.38. The first kappa shape index (κ1) is 11.5. The van der Waals surface area contributed by atoms with Crippen molar-refractivity contribution in [2.45, 2.75) is 58.7 Å². The Balaban J connectivity index is 2.47. The molecule has 14 heavy (non-hydrogen) atoms. The minimum Gasteiger partial charge on any atom is -0.339 e. The third-order valence-electron chi connectivity index (χ3n) is 2.96. The molecule has 1 N–H and O–H groups in total. The molecule has 3 nitrogen and oxygen atoms in total. The number of nitrogens with zero attached hydrogens (tertiary/aromatic N) is 1. The average Bonchev–Trinajstić information content (AvgIpc) is 2.48. The van der Waals surface area contributed by atoms with E-state index in [1.54, 1.807) is 0 Å². The van der Waals surface area contributed by atoms with E-state index in [2.05, 4.69) is 33.0 Å². The molecule has 1 fully saturated rings. The Morgan fingerprint density at radius 3 is 2.57 bits per heavy atom. The molecule has 1 aliphatic rings. The lowest BCUT2D eigenvalue weighted by atomic mass is 10.2. The third kappa shape index (κ3) is 2.47. The first-order valence-electron chi connectivity index (χ1n) is 5.62. The molecule has 0 spiro atoms. The van der Waals surface area contributed by atoms with Crippen molar-refractivity contribution in [3.8, 4) is 0 Å². The van der Waals surface area contributed by atoms with Crippen LogP contribution < -0.4 is 5.32 Å². The summed E-state index contributed by atoms with van der Waals surface area (Å²) in [5, 5.41) is 3.37. The van der Waals surface area contributed by atoms with Gasteiger partial charge in [-0.25, -0.2) is 0 Å². The summed E-state index contributed by atoms with van der Waals surface area (Å²) in [5.41, 5.74) is 0. The second-order valence-electron chi connectivity index (χ2n) is 4.44. The first-order valence-corrected chi connectivity index (χ1v) is 5.62. The molecule has 0 saturated carbocycles. The summed E-state index contributed by atoms with van der Waals surface area (Å²) in [6, 6.07) is 0.842. The maximum Gasteiger partial charge on any atom is 0.240 e. The average molecular weight is 198 g/mol. The van der Waals surface area contributed by atoms with E-state index >= 15 is 0 Å². The van der Waals surface area contributed by atoms with Crippen LogP contribution in [0.25, 0.3) is 0 Å². The lowest BCUT2D eigenvalue weighted by molar-refractivity contribution is -0.130. The van der Waals surface area contributed by atoms with Crippen LogP contribution in [0.2, 0.25) is 0 Å². The van der Waals surface area contributed by atoms with Crippen LogP contribution in [0.1, 0.15) is 40.5 Å². The fraction of sp³-hybridized carbons (Fsp3) is 0.909. The molecule has 0 aliphatic carbocycles. The number of carbonyl (C=O) groups is 1. The van der Waals surface area contributed by atoms with Gasteiger partial charge in [0.25, 0.3) is 0 Å². The molecule has 0 aromatic heterocycles. The van der Waals surface area contributed by atoms with Crippen LogP contribution in [0.3, 0.4) is 0 Å². The molecule has 1 saturated heterocycles. The fourth-order valence-corrected chi connectivity index (χ4v) is 1.83. The monoisotopic (exact) mass is 198 g/mol. The standard InChI is InChI=1S/C11H22N2O/c1-5-9(4)12-10-6-7-13(8(2)3)11(10)14/h8-10,12H,5-7H2,1-4H3. The topological polar surface area (TPSA) is 32.3 Å². The van der Waals surface area contributed by atoms with Crippen molar-refractivity contribution in [3.63, 3.8) is 0 Å². The minimum atomic E-state index is 0.0624. The zero-order valence-electron chi connectivity index (χ0n) is 9.71. The highest BCUT2D eigenvalue weighted by molar-refractivity contribution is 5.84. The summed E-state index contributed by atoms with van der Waals surface area (Å²) in [4.78, 5) is 13.8. The molecule has 82 valence electrons. The van der Waals surface area contributed by atoms with Crippen LogP contribution in [0, 0.1) is 0 Å². The Bertz CT molecular complexity index is 203. The molecule has 2 atom stereocenters. The van der Waals surface area contributed by atoms with Crippen LogP contribution in [0.5, 0.6) is 0 Å². The van der Waals surface area contributed by atoms with Crippen LogP contribution in [0.15, 0.2) is 0 Å². The summed E-state index contributed by atoms with van der Waals surface area (Å²) in [6.45, 7) is 9.32. The zero-order chi connectivity index (χ0) is 10.7. The summed E-state index contributed by atoms with van der Waals surface area (Å²) in [5.74, 6) is 0.278. The fourth-order valence-electron chi connectivity index (χ4n) is 1.83. The largest absolute Gasteiger partial charge is 0.339 e. The van der Waals surface area contributed by atoms with E-state index in [-0.39, 0.29) is 11.9 Å². The number of amides is 1. The second-order valence-corrected chi connectivity index (χ2v) is 4.44. The molecule has 1 heterocycles. The van der Waals surface area contributed by atoms with E-state index in [0.717, 1.165) is 19.4 Å². The first-order chi connectivity index (χ1) is 6.56. The summed E-state index contributed by atoms with van der Waals surface area (Å²) >= 11 is 0. The van der Waals surface area contributed by atoms with Crippen molar-refractivity contribution in [2.24, 2.45) is 0 Å². The van der Waals surface area contributed by atoms with Gasteiger partial charge in [-0.2, -0.15) is 0 Å². The van der Waals surface area contributed by atoms with Gasteiger partial charge in [-0.1, -0.05) is 6.92 Å². The Morgan fingerprint density at radius 1 is 1.50 bits per heavy atom. The zero-order valence-corrected chi connectivity index (χ0v) is 9.71. The van der Waals surface area contributed by atoms with E-state index in [1.165, 1.54) is 0 Å². The summed E-state index contributed by atoms with van der Waals surface area (Å²) < 4.78 is 0. The molecular weight excluding hydrogens is 176 g/mol. The minimum absolute atomic E-state index is 0.0624. The van der Waals surface area contributed by atoms with Gasteiger partial charge in [-0.3, -0.25) is 4.79 Å². The van der Waals surface area contributed by atoms with Gasteiger partial charge < -0.3 is 10.2 Å². The van der Waals surface area contributed by atoms with Crippen molar-refractivity contribution in [1.82, 2.24) is 10.2 Å². The summed E-state index contributed by atoms with van der Waals surface area (Å²) in [6.07, 6.45) is 2.03. The molecular formula is C11H22N2O. The van der Waals surface area contributed by atoms with Crippen molar-refractivity contribution in [3.05, 3.63) is 0 Å². The number of hydrogen-bond donors (Lipinski definition) is 1. The number of nitrogens with one attached hydrogen (secondary N) is 1. The third-order valence-corrected chi connectivity index (χ3v) is 2.96. The van der Waals surface area contributed by atoms with Crippen molar-refractivity contribution in [1.29, 1.82) is 0 Å². The molecule has 1 aliphatic heterocycles. The molecule has 0 aromatic rings. The number of likely N-dealkylation sites (tertiary alicyclic amines) is 1. The molecule has 1 rings (SSSR count). The maximum atomic E-state index is 11.9. The quantitative estimate of drug-likeness (QED) is 0.740. The van der Waals surface area contributed by atoms with E-state index in [9.17, 15) is 4.79 Å². The molecule has 0 aromatic carbocycles.